The van der Waals surface area contributed by atoms with Gasteiger partial charge in [0.2, 0.25) is 0 Å². The molecule has 0 aromatic carbocycles. The second kappa shape index (κ2) is 5.18. The molecule has 1 unspecified atom stereocenters. The Hall–Kier alpha value is 0.376. The predicted octanol–water partition coefficient (Wildman–Crippen LogP) is -5.45. The fraction of sp³-hybridized carbons (Fsp3) is 0.667. The van der Waals surface area contributed by atoms with Crippen LogP contribution in [0.1, 0.15) is 12.8 Å². The second-order valence-electron chi connectivity index (χ2n) is 2.44. The van der Waals surface area contributed by atoms with Crippen molar-refractivity contribution < 1.29 is 71.2 Å². The number of carboxylic acids is 1. The summed E-state index contributed by atoms with van der Waals surface area (Å²) < 4.78 is 0. The first-order valence-corrected chi connectivity index (χ1v) is 3.31. The number of aliphatic carboxylic acids is 1. The van der Waals surface area contributed by atoms with E-state index in [1.807, 2.05) is 0 Å². The van der Waals surface area contributed by atoms with Crippen molar-refractivity contribution in [1.29, 1.82) is 0 Å². The Morgan fingerprint density at radius 2 is 1.92 bits per heavy atom. The standard InChI is InChI=1S/C6H9NO4.K/c8-5(9)4-2-1-3-7(4)6(10)11;/h4H,1-3H2,(H,8,9)(H,10,11);/q;+1/p-2. The second-order valence-corrected chi connectivity index (χ2v) is 2.44. The summed E-state index contributed by atoms with van der Waals surface area (Å²) in [6.07, 6.45) is -0.542. The van der Waals surface area contributed by atoms with E-state index in [1.165, 1.54) is 0 Å². The molecule has 0 aromatic rings. The summed E-state index contributed by atoms with van der Waals surface area (Å²) >= 11 is 0. The fourth-order valence-corrected chi connectivity index (χ4v) is 1.23. The Balaban J connectivity index is 0.00000121. The van der Waals surface area contributed by atoms with Gasteiger partial charge in [0.15, 0.2) is 0 Å². The van der Waals surface area contributed by atoms with Gasteiger partial charge in [-0.15, -0.1) is 0 Å². The minimum atomic E-state index is -1.43. The monoisotopic (exact) mass is 196 g/mol. The Labute approximate surface area is 112 Å². The van der Waals surface area contributed by atoms with E-state index in [-0.39, 0.29) is 57.9 Å². The number of nitrogens with zero attached hydrogens (tertiary/aromatic N) is 1. The van der Waals surface area contributed by atoms with Crippen molar-refractivity contribution in [3.63, 3.8) is 0 Å². The van der Waals surface area contributed by atoms with Crippen molar-refractivity contribution in [1.82, 2.24) is 4.90 Å². The smallest absolute Gasteiger partial charge is 0.548 e. The van der Waals surface area contributed by atoms with Gasteiger partial charge in [0, 0.05) is 6.54 Å². The van der Waals surface area contributed by atoms with Crippen LogP contribution in [0.25, 0.3) is 0 Å². The fourth-order valence-electron chi connectivity index (χ4n) is 1.23. The molecule has 5 nitrogen and oxygen atoms in total. The van der Waals surface area contributed by atoms with Crippen LogP contribution in [0.15, 0.2) is 0 Å². The molecule has 1 aliphatic heterocycles. The maximum absolute atomic E-state index is 10.3. The molecule has 1 amide bonds. The van der Waals surface area contributed by atoms with Crippen molar-refractivity contribution in [3.8, 4) is 0 Å². The van der Waals surface area contributed by atoms with Crippen LogP contribution >= 0.6 is 0 Å². The van der Waals surface area contributed by atoms with E-state index in [0.29, 0.717) is 12.8 Å². The number of carbonyl (C=O) groups is 2. The molecular weight excluding hydrogens is 189 g/mol. The van der Waals surface area contributed by atoms with Gasteiger partial charge >= 0.3 is 51.4 Å². The molecule has 0 aliphatic carbocycles. The normalized spacial score (nSPS) is 21.7. The van der Waals surface area contributed by atoms with Crippen LogP contribution in [-0.4, -0.2) is 29.5 Å². The SMILES string of the molecule is O=C([O-])C1CCCN1C(=O)[O-].[K+]. The molecular formula is C6H7KNO4-. The molecule has 1 atom stereocenters. The number of rotatable bonds is 1. The molecule has 0 spiro atoms. The van der Waals surface area contributed by atoms with E-state index in [2.05, 4.69) is 0 Å². The van der Waals surface area contributed by atoms with Gasteiger partial charge in [-0.1, -0.05) is 0 Å². The Morgan fingerprint density at radius 1 is 1.33 bits per heavy atom. The average molecular weight is 196 g/mol. The average Bonchev–Trinajstić information content (AvgIpc) is 2.32. The minimum absolute atomic E-state index is 0. The van der Waals surface area contributed by atoms with E-state index < -0.39 is 18.1 Å². The maximum Gasteiger partial charge on any atom is 1.00 e. The molecule has 0 saturated carbocycles. The molecule has 1 fully saturated rings. The minimum Gasteiger partial charge on any atom is -0.548 e. The molecule has 0 N–H and O–H groups in total. The largest absolute Gasteiger partial charge is 1.00 e. The van der Waals surface area contributed by atoms with Crippen molar-refractivity contribution in [3.05, 3.63) is 0 Å². The molecule has 0 radical (unpaired) electrons. The van der Waals surface area contributed by atoms with Crippen molar-refractivity contribution in [2.75, 3.05) is 6.54 Å². The van der Waals surface area contributed by atoms with Gasteiger partial charge in [-0.05, 0) is 12.8 Å². The zero-order chi connectivity index (χ0) is 8.43. The number of hydrogen-bond acceptors (Lipinski definition) is 4. The molecule has 6 heteroatoms. The number of carboxylic acid groups (broad SMARTS) is 2. The maximum atomic E-state index is 10.3. The van der Waals surface area contributed by atoms with Crippen LogP contribution in [0.4, 0.5) is 4.79 Å². The van der Waals surface area contributed by atoms with Crippen LogP contribution in [0.5, 0.6) is 0 Å². The predicted molar refractivity (Wildman–Crippen MR) is 30.1 cm³/mol. The summed E-state index contributed by atoms with van der Waals surface area (Å²) in [7, 11) is 0. The Morgan fingerprint density at radius 3 is 2.25 bits per heavy atom. The number of hydrogen-bond donors (Lipinski definition) is 0. The van der Waals surface area contributed by atoms with Gasteiger partial charge in [-0.3, -0.25) is 0 Å². The summed E-state index contributed by atoms with van der Waals surface area (Å²) in [6.45, 7) is 0.237. The van der Waals surface area contributed by atoms with E-state index in [9.17, 15) is 19.8 Å². The molecule has 0 aromatic heterocycles. The van der Waals surface area contributed by atoms with Gasteiger partial charge in [0.25, 0.3) is 0 Å². The number of carbonyl (C=O) groups excluding carboxylic acids is 2. The van der Waals surface area contributed by atoms with Crippen LogP contribution < -0.4 is 61.6 Å². The van der Waals surface area contributed by atoms with Crippen molar-refractivity contribution >= 4 is 12.1 Å². The summed E-state index contributed by atoms with van der Waals surface area (Å²) in [6, 6.07) is -1.00. The summed E-state index contributed by atoms with van der Waals surface area (Å²) in [5, 5.41) is 20.5. The third-order valence-corrected chi connectivity index (χ3v) is 1.76. The molecule has 1 saturated heterocycles. The van der Waals surface area contributed by atoms with Crippen LogP contribution in [0.3, 0.4) is 0 Å². The van der Waals surface area contributed by atoms with Gasteiger partial charge in [-0.2, -0.15) is 0 Å². The first-order chi connectivity index (χ1) is 5.13. The van der Waals surface area contributed by atoms with Crippen LogP contribution in [0.2, 0.25) is 0 Å². The first-order valence-electron chi connectivity index (χ1n) is 3.31. The molecule has 0 bridgehead atoms. The van der Waals surface area contributed by atoms with Crippen LogP contribution in [0, 0.1) is 0 Å². The third-order valence-electron chi connectivity index (χ3n) is 1.76. The van der Waals surface area contributed by atoms with Crippen molar-refractivity contribution in [2.24, 2.45) is 0 Å². The Kier molecular flexibility index (Phi) is 5.34. The van der Waals surface area contributed by atoms with Crippen LogP contribution in [-0.2, 0) is 4.79 Å². The summed E-state index contributed by atoms with van der Waals surface area (Å²) in [5.74, 6) is -1.34. The molecule has 1 rings (SSSR count). The molecule has 62 valence electrons. The molecule has 1 aliphatic rings. The topological polar surface area (TPSA) is 83.5 Å². The first kappa shape index (κ1) is 12.4. The summed E-state index contributed by atoms with van der Waals surface area (Å²) in [5.41, 5.74) is 0. The van der Waals surface area contributed by atoms with E-state index >= 15 is 0 Å². The van der Waals surface area contributed by atoms with Gasteiger partial charge in [-0.25, -0.2) is 0 Å². The van der Waals surface area contributed by atoms with E-state index in [0.717, 1.165) is 4.90 Å². The van der Waals surface area contributed by atoms with E-state index in [1.54, 1.807) is 0 Å². The van der Waals surface area contributed by atoms with Gasteiger partial charge in [0.1, 0.15) is 6.09 Å². The molecule has 1 heterocycles. The quantitative estimate of drug-likeness (QED) is 0.392. The van der Waals surface area contributed by atoms with Gasteiger partial charge < -0.3 is 24.7 Å². The Bertz CT molecular complexity index is 176. The van der Waals surface area contributed by atoms with Gasteiger partial charge in [0.05, 0.1) is 12.0 Å². The number of amides is 1. The summed E-state index contributed by atoms with van der Waals surface area (Å²) in [4.78, 5) is 21.3. The third kappa shape index (κ3) is 2.70. The van der Waals surface area contributed by atoms with Crippen molar-refractivity contribution in [2.45, 2.75) is 18.9 Å². The zero-order valence-electron chi connectivity index (χ0n) is 6.78. The zero-order valence-corrected chi connectivity index (χ0v) is 9.90. The number of likely N-dealkylation sites (tertiary alicyclic amines) is 1. The van der Waals surface area contributed by atoms with E-state index in [4.69, 9.17) is 0 Å². The molecule has 12 heavy (non-hydrogen) atoms.